The first-order valence-electron chi connectivity index (χ1n) is 11.3. The highest BCUT2D eigenvalue weighted by molar-refractivity contribution is 7.99. The van der Waals surface area contributed by atoms with Crippen LogP contribution in [0.3, 0.4) is 0 Å². The summed E-state index contributed by atoms with van der Waals surface area (Å²) in [7, 11) is 0. The van der Waals surface area contributed by atoms with Crippen LogP contribution in [0.4, 0.5) is 0 Å². The maximum absolute atomic E-state index is 13.1. The van der Waals surface area contributed by atoms with Crippen molar-refractivity contribution in [2.24, 2.45) is 4.99 Å². The van der Waals surface area contributed by atoms with Gasteiger partial charge in [-0.1, -0.05) is 74.3 Å². The molecule has 0 amide bonds. The van der Waals surface area contributed by atoms with Crippen LogP contribution in [0.25, 0.3) is 0 Å². The highest BCUT2D eigenvalue weighted by Crippen LogP contribution is 2.27. The standard InChI is InChI=1S/C28H29NO3S/c1-2-3-4-11-16-26(29-21-32-28(31)23-12-7-5-8-13-23)27(30)22-17-19-25(20-18-22)33-24-14-9-6-10-15-24/h5-10,12-15,17-20H,2-4,11,16,21H2,1H3. The summed E-state index contributed by atoms with van der Waals surface area (Å²) in [5.74, 6) is -0.557. The third-order valence-electron chi connectivity index (χ3n) is 5.09. The summed E-state index contributed by atoms with van der Waals surface area (Å²) in [5.41, 5.74) is 1.52. The van der Waals surface area contributed by atoms with E-state index in [1.54, 1.807) is 36.0 Å². The van der Waals surface area contributed by atoms with Crippen LogP contribution in [0.5, 0.6) is 0 Å². The van der Waals surface area contributed by atoms with E-state index in [-0.39, 0.29) is 12.5 Å². The minimum Gasteiger partial charge on any atom is -0.439 e. The van der Waals surface area contributed by atoms with Crippen molar-refractivity contribution in [2.45, 2.75) is 48.8 Å². The molecule has 4 nitrogen and oxygen atoms in total. The van der Waals surface area contributed by atoms with Crippen LogP contribution in [0, 0.1) is 0 Å². The maximum Gasteiger partial charge on any atom is 0.339 e. The Balaban J connectivity index is 1.66. The smallest absolute Gasteiger partial charge is 0.339 e. The molecule has 0 radical (unpaired) electrons. The largest absolute Gasteiger partial charge is 0.439 e. The zero-order valence-electron chi connectivity index (χ0n) is 18.9. The molecule has 0 aliphatic heterocycles. The number of carbonyl (C=O) groups excluding carboxylic acids is 2. The van der Waals surface area contributed by atoms with Gasteiger partial charge in [-0.25, -0.2) is 9.79 Å². The fourth-order valence-electron chi connectivity index (χ4n) is 3.28. The second-order valence-corrected chi connectivity index (χ2v) is 8.76. The predicted molar refractivity (Wildman–Crippen MR) is 134 cm³/mol. The van der Waals surface area contributed by atoms with Crippen molar-refractivity contribution in [1.29, 1.82) is 0 Å². The van der Waals surface area contributed by atoms with Gasteiger partial charge >= 0.3 is 5.97 Å². The highest BCUT2D eigenvalue weighted by Gasteiger charge is 2.15. The number of aliphatic imine (C=N–C) groups is 1. The van der Waals surface area contributed by atoms with Crippen LogP contribution >= 0.6 is 11.8 Å². The quantitative estimate of drug-likeness (QED) is 0.124. The Morgan fingerprint density at radius 2 is 1.39 bits per heavy atom. The van der Waals surface area contributed by atoms with Crippen LogP contribution < -0.4 is 0 Å². The summed E-state index contributed by atoms with van der Waals surface area (Å²) in [5, 5.41) is 0. The van der Waals surface area contributed by atoms with Crippen LogP contribution in [0.15, 0.2) is 99.7 Å². The number of hydrogen-bond acceptors (Lipinski definition) is 5. The van der Waals surface area contributed by atoms with Gasteiger partial charge in [-0.3, -0.25) is 4.79 Å². The molecule has 3 aromatic carbocycles. The van der Waals surface area contributed by atoms with Crippen molar-refractivity contribution < 1.29 is 14.3 Å². The van der Waals surface area contributed by atoms with E-state index in [9.17, 15) is 9.59 Å². The third-order valence-corrected chi connectivity index (χ3v) is 6.10. The number of rotatable bonds is 12. The Bertz CT molecular complexity index is 1050. The fraction of sp³-hybridized carbons (Fsp3) is 0.250. The summed E-state index contributed by atoms with van der Waals surface area (Å²) in [6, 6.07) is 26.5. The Morgan fingerprint density at radius 3 is 2.06 bits per heavy atom. The minimum atomic E-state index is -0.445. The topological polar surface area (TPSA) is 55.7 Å². The van der Waals surface area contributed by atoms with Crippen LogP contribution in [-0.4, -0.2) is 24.2 Å². The SMILES string of the molecule is CCCCCCC(=NCOC(=O)c1ccccc1)C(=O)c1ccc(Sc2ccccc2)cc1. The molecule has 5 heteroatoms. The first-order valence-corrected chi connectivity index (χ1v) is 12.1. The number of Topliss-reactive ketones (excluding diaryl/α,β-unsaturated/α-hetero) is 1. The van der Waals surface area contributed by atoms with E-state index in [0.29, 0.717) is 23.3 Å². The molecule has 3 rings (SSSR count). The van der Waals surface area contributed by atoms with Crippen LogP contribution in [0.1, 0.15) is 59.7 Å². The molecule has 0 heterocycles. The second-order valence-electron chi connectivity index (χ2n) is 7.61. The van der Waals surface area contributed by atoms with E-state index in [1.807, 2.05) is 48.5 Å². The summed E-state index contributed by atoms with van der Waals surface area (Å²) in [6.07, 6.45) is 4.74. The molecule has 0 atom stereocenters. The Hall–Kier alpha value is -3.18. The van der Waals surface area contributed by atoms with Gasteiger partial charge in [-0.15, -0.1) is 0 Å². The molecule has 0 unspecified atom stereocenters. The minimum absolute atomic E-state index is 0.112. The number of ketones is 1. The lowest BCUT2D eigenvalue weighted by Crippen LogP contribution is -2.16. The van der Waals surface area contributed by atoms with Crippen molar-refractivity contribution in [3.05, 3.63) is 96.1 Å². The molecular weight excluding hydrogens is 430 g/mol. The average molecular weight is 460 g/mol. The Kier molecular flexibility index (Phi) is 9.92. The Labute approximate surface area is 200 Å². The lowest BCUT2D eigenvalue weighted by molar-refractivity contribution is 0.0516. The second kappa shape index (κ2) is 13.4. The third kappa shape index (κ3) is 8.03. The fourth-order valence-corrected chi connectivity index (χ4v) is 4.11. The van der Waals surface area contributed by atoms with Gasteiger partial charge in [-0.2, -0.15) is 0 Å². The van der Waals surface area contributed by atoms with Gasteiger partial charge in [0.2, 0.25) is 5.78 Å². The van der Waals surface area contributed by atoms with Crippen molar-refractivity contribution >= 4 is 29.2 Å². The van der Waals surface area contributed by atoms with Crippen molar-refractivity contribution in [3.63, 3.8) is 0 Å². The van der Waals surface area contributed by atoms with E-state index in [0.717, 1.165) is 35.5 Å². The molecule has 0 spiro atoms. The maximum atomic E-state index is 13.1. The van der Waals surface area contributed by atoms with Gasteiger partial charge in [0.15, 0.2) is 6.73 Å². The summed E-state index contributed by atoms with van der Waals surface area (Å²) in [4.78, 5) is 31.9. The molecule has 170 valence electrons. The summed E-state index contributed by atoms with van der Waals surface area (Å²) in [6.45, 7) is 1.99. The van der Waals surface area contributed by atoms with E-state index >= 15 is 0 Å². The summed E-state index contributed by atoms with van der Waals surface area (Å²) < 4.78 is 5.28. The highest BCUT2D eigenvalue weighted by atomic mass is 32.2. The molecular formula is C28H29NO3S. The molecule has 0 aromatic heterocycles. The molecule has 0 fully saturated rings. The lowest BCUT2D eigenvalue weighted by Gasteiger charge is -2.08. The van der Waals surface area contributed by atoms with Crippen molar-refractivity contribution in [1.82, 2.24) is 0 Å². The molecule has 33 heavy (non-hydrogen) atoms. The van der Waals surface area contributed by atoms with Crippen molar-refractivity contribution in [3.8, 4) is 0 Å². The Morgan fingerprint density at radius 1 is 0.758 bits per heavy atom. The number of ether oxygens (including phenoxy) is 1. The lowest BCUT2D eigenvalue weighted by atomic mass is 10.0. The predicted octanol–water partition coefficient (Wildman–Crippen LogP) is 7.25. The molecule has 0 saturated heterocycles. The van der Waals surface area contributed by atoms with Gasteiger partial charge < -0.3 is 4.74 Å². The zero-order valence-corrected chi connectivity index (χ0v) is 19.7. The number of nitrogens with zero attached hydrogens (tertiary/aromatic N) is 1. The first-order chi connectivity index (χ1) is 16.2. The van der Waals surface area contributed by atoms with Gasteiger partial charge in [0, 0.05) is 15.4 Å². The molecule has 3 aromatic rings. The number of hydrogen-bond donors (Lipinski definition) is 0. The van der Waals surface area contributed by atoms with Gasteiger partial charge in [-0.05, 0) is 61.4 Å². The molecule has 0 aliphatic rings. The van der Waals surface area contributed by atoms with Gasteiger partial charge in [0.25, 0.3) is 0 Å². The number of carbonyl (C=O) groups is 2. The number of unbranched alkanes of at least 4 members (excludes halogenated alkanes) is 3. The number of benzene rings is 3. The van der Waals surface area contributed by atoms with Gasteiger partial charge in [0.1, 0.15) is 0 Å². The summed E-state index contributed by atoms with van der Waals surface area (Å²) >= 11 is 1.65. The normalized spacial score (nSPS) is 11.2. The van der Waals surface area contributed by atoms with E-state index < -0.39 is 5.97 Å². The van der Waals surface area contributed by atoms with Crippen LogP contribution in [-0.2, 0) is 4.74 Å². The zero-order chi connectivity index (χ0) is 23.3. The molecule has 0 aliphatic carbocycles. The van der Waals surface area contributed by atoms with Crippen LogP contribution in [0.2, 0.25) is 0 Å². The van der Waals surface area contributed by atoms with E-state index in [1.165, 1.54) is 0 Å². The van der Waals surface area contributed by atoms with E-state index in [4.69, 9.17) is 4.74 Å². The average Bonchev–Trinajstić information content (AvgIpc) is 2.86. The first kappa shape index (κ1) is 24.5. The molecule has 0 N–H and O–H groups in total. The monoisotopic (exact) mass is 459 g/mol. The van der Waals surface area contributed by atoms with Gasteiger partial charge in [0.05, 0.1) is 11.3 Å². The molecule has 0 saturated carbocycles. The molecule has 0 bridgehead atoms. The van der Waals surface area contributed by atoms with Crippen molar-refractivity contribution in [2.75, 3.05) is 6.73 Å². The van der Waals surface area contributed by atoms with E-state index in [2.05, 4.69) is 24.0 Å². The number of esters is 1.